The van der Waals surface area contributed by atoms with E-state index >= 15 is 0 Å². The number of hydrogen-bond acceptors (Lipinski definition) is 7. The quantitative estimate of drug-likeness (QED) is 0.182. The Bertz CT molecular complexity index is 1930. The lowest BCUT2D eigenvalue weighted by Crippen LogP contribution is -2.52. The first-order valence-corrected chi connectivity index (χ1v) is 17.3. The zero-order chi connectivity index (χ0) is 32.3. The number of carbonyl (C=O) groups is 1. The summed E-state index contributed by atoms with van der Waals surface area (Å²) in [7, 11) is -3.88. The van der Waals surface area contributed by atoms with E-state index in [0.29, 0.717) is 52.2 Å². The van der Waals surface area contributed by atoms with Crippen LogP contribution in [0.1, 0.15) is 24.0 Å². The number of fused-ring (bicyclic) bond motifs is 1. The van der Waals surface area contributed by atoms with E-state index in [1.54, 1.807) is 48.5 Å². The van der Waals surface area contributed by atoms with Gasteiger partial charge in [-0.2, -0.15) is 0 Å². The minimum absolute atomic E-state index is 0.0352. The minimum Gasteiger partial charge on any atom is -0.376 e. The molecule has 1 aliphatic heterocycles. The number of nitrogens with zero attached hydrogens (tertiary/aromatic N) is 5. The van der Waals surface area contributed by atoms with Gasteiger partial charge in [0, 0.05) is 47.6 Å². The molecule has 0 unspecified atom stereocenters. The number of aromatic nitrogens is 3. The lowest BCUT2D eigenvalue weighted by atomic mass is 10.0. The zero-order valence-corrected chi connectivity index (χ0v) is 27.6. The van der Waals surface area contributed by atoms with Crippen LogP contribution < -0.4 is 10.2 Å². The summed E-state index contributed by atoms with van der Waals surface area (Å²) in [4.78, 5) is 26.8. The summed E-state index contributed by atoms with van der Waals surface area (Å²) in [5.74, 6) is 0.608. The first-order chi connectivity index (χ1) is 22.2. The highest BCUT2D eigenvalue weighted by atomic mass is 35.5. The Labute approximate surface area is 278 Å². The highest BCUT2D eigenvalue weighted by molar-refractivity contribution is 7.90. The largest absolute Gasteiger partial charge is 0.376 e. The normalized spacial score (nSPS) is 15.2. The number of carbonyl (C=O) groups excluding carboxylic acids is 1. The maximum atomic E-state index is 13.7. The molecule has 238 valence electrons. The van der Waals surface area contributed by atoms with Gasteiger partial charge in [0.15, 0.2) is 5.65 Å². The van der Waals surface area contributed by atoms with Crippen LogP contribution in [0.5, 0.6) is 0 Å². The average Bonchev–Trinajstić information content (AvgIpc) is 3.50. The molecular formula is C34H34Cl2N6O3S. The Balaban J connectivity index is 1.29. The highest BCUT2D eigenvalue weighted by Gasteiger charge is 2.31. The van der Waals surface area contributed by atoms with Gasteiger partial charge in [-0.05, 0) is 68.1 Å². The van der Waals surface area contributed by atoms with Gasteiger partial charge in [-0.25, -0.2) is 22.4 Å². The molecule has 1 N–H and O–H groups in total. The summed E-state index contributed by atoms with van der Waals surface area (Å²) in [5.41, 5.74) is 3.13. The van der Waals surface area contributed by atoms with Gasteiger partial charge < -0.3 is 15.1 Å². The smallest absolute Gasteiger partial charge is 0.269 e. The van der Waals surface area contributed by atoms with E-state index in [1.807, 2.05) is 30.0 Å². The fraction of sp³-hybridized carbons (Fsp3) is 0.265. The van der Waals surface area contributed by atoms with Gasteiger partial charge in [-0.15, -0.1) is 0 Å². The lowest BCUT2D eigenvalue weighted by molar-refractivity contribution is -0.130. The van der Waals surface area contributed by atoms with Gasteiger partial charge in [-0.1, -0.05) is 71.2 Å². The molecule has 46 heavy (non-hydrogen) atoms. The number of hydrogen-bond donors (Lipinski definition) is 1. The van der Waals surface area contributed by atoms with Crippen molar-refractivity contribution in [2.24, 2.45) is 0 Å². The number of anilines is 2. The molecule has 12 heteroatoms. The van der Waals surface area contributed by atoms with Crippen molar-refractivity contribution in [3.05, 3.63) is 113 Å². The number of rotatable bonds is 10. The molecule has 1 atom stereocenters. The Kier molecular flexibility index (Phi) is 9.49. The third-order valence-electron chi connectivity index (χ3n) is 8.26. The molecule has 6 rings (SSSR count). The van der Waals surface area contributed by atoms with E-state index in [-0.39, 0.29) is 23.4 Å². The van der Waals surface area contributed by atoms with Crippen molar-refractivity contribution in [3.63, 3.8) is 0 Å². The van der Waals surface area contributed by atoms with Crippen LogP contribution in [0.2, 0.25) is 10.0 Å². The summed E-state index contributed by atoms with van der Waals surface area (Å²) in [5, 5.41) is 4.77. The number of halogens is 2. The second kappa shape index (κ2) is 13.7. The fourth-order valence-corrected chi connectivity index (χ4v) is 7.73. The third-order valence-corrected chi connectivity index (χ3v) is 10.4. The summed E-state index contributed by atoms with van der Waals surface area (Å²) in [6, 6.07) is 23.8. The van der Waals surface area contributed by atoms with E-state index in [1.165, 1.54) is 22.1 Å². The molecule has 1 fully saturated rings. The first-order valence-electron chi connectivity index (χ1n) is 15.1. The van der Waals surface area contributed by atoms with Gasteiger partial charge in [0.2, 0.25) is 5.91 Å². The zero-order valence-electron chi connectivity index (χ0n) is 25.3. The van der Waals surface area contributed by atoms with Gasteiger partial charge >= 0.3 is 0 Å². The third kappa shape index (κ3) is 6.99. The van der Waals surface area contributed by atoms with E-state index in [4.69, 9.17) is 28.2 Å². The van der Waals surface area contributed by atoms with Crippen LogP contribution in [-0.2, 0) is 21.2 Å². The lowest BCUT2D eigenvalue weighted by Gasteiger charge is -2.40. The molecule has 5 aromatic rings. The summed E-state index contributed by atoms with van der Waals surface area (Å²) in [6.07, 6.45) is 5.37. The predicted octanol–water partition coefficient (Wildman–Crippen LogP) is 6.44. The van der Waals surface area contributed by atoms with Gasteiger partial charge in [0.1, 0.15) is 12.1 Å². The predicted molar refractivity (Wildman–Crippen MR) is 183 cm³/mol. The van der Waals surface area contributed by atoms with Crippen LogP contribution in [0.4, 0.5) is 11.5 Å². The number of benzene rings is 3. The summed E-state index contributed by atoms with van der Waals surface area (Å²) in [6.45, 7) is 3.78. The molecule has 1 aliphatic rings. The SMILES string of the molecule is Cc1ccc(S(=O)(=O)n2ccc3c(N(CCc4ccccc4)[C@H]4CCCN(C(=O)CNc5cc(Cl)cc(Cl)c5)C4)ncnc32)cc1. The van der Waals surface area contributed by atoms with E-state index < -0.39 is 10.0 Å². The molecule has 0 radical (unpaired) electrons. The van der Waals surface area contributed by atoms with Crippen LogP contribution in [0.25, 0.3) is 11.0 Å². The molecular weight excluding hydrogens is 643 g/mol. The Morgan fingerprint density at radius 2 is 1.74 bits per heavy atom. The Morgan fingerprint density at radius 1 is 1.00 bits per heavy atom. The van der Waals surface area contributed by atoms with Crippen LogP contribution >= 0.6 is 23.2 Å². The number of aryl methyl sites for hydroxylation is 1. The Morgan fingerprint density at radius 3 is 2.48 bits per heavy atom. The van der Waals surface area contributed by atoms with Crippen molar-refractivity contribution in [2.45, 2.75) is 37.1 Å². The molecule has 0 saturated carbocycles. The second-order valence-electron chi connectivity index (χ2n) is 11.4. The maximum Gasteiger partial charge on any atom is 0.269 e. The standard InChI is InChI=1S/C34H34Cl2N6O3S/c1-24-9-11-30(12-10-24)46(44,45)42-17-14-31-33(38-23-39-34(31)42)41(16-13-25-6-3-2-4-7-25)29-8-5-15-40(22-29)32(43)21-37-28-19-26(35)18-27(36)20-28/h2-4,6-7,9-12,14,17-20,23,29,37H,5,8,13,15-16,21-22H2,1H3/t29-/m0/s1. The summed E-state index contributed by atoms with van der Waals surface area (Å²) < 4.78 is 28.5. The highest BCUT2D eigenvalue weighted by Crippen LogP contribution is 2.31. The van der Waals surface area contributed by atoms with Crippen LogP contribution in [0.3, 0.4) is 0 Å². The molecule has 0 aliphatic carbocycles. The van der Waals surface area contributed by atoms with Gasteiger partial charge in [0.25, 0.3) is 10.0 Å². The molecule has 3 heterocycles. The monoisotopic (exact) mass is 676 g/mol. The molecule has 1 saturated heterocycles. The molecule has 0 spiro atoms. The van der Waals surface area contributed by atoms with Gasteiger partial charge in [-0.3, -0.25) is 4.79 Å². The summed E-state index contributed by atoms with van der Waals surface area (Å²) >= 11 is 12.3. The molecule has 0 bridgehead atoms. The van der Waals surface area contributed by atoms with Crippen LogP contribution in [0, 0.1) is 6.92 Å². The van der Waals surface area contributed by atoms with Crippen molar-refractivity contribution in [1.29, 1.82) is 0 Å². The first kappa shape index (κ1) is 31.8. The molecule has 1 amide bonds. The molecule has 2 aromatic heterocycles. The number of piperidine rings is 1. The topological polar surface area (TPSA) is 100 Å². The van der Waals surface area contributed by atoms with Crippen molar-refractivity contribution >= 4 is 61.7 Å². The van der Waals surface area contributed by atoms with Crippen molar-refractivity contribution in [3.8, 4) is 0 Å². The van der Waals surface area contributed by atoms with Crippen molar-refractivity contribution < 1.29 is 13.2 Å². The maximum absolute atomic E-state index is 13.7. The average molecular weight is 678 g/mol. The van der Waals surface area contributed by atoms with E-state index in [0.717, 1.165) is 24.8 Å². The minimum atomic E-state index is -3.88. The Hall–Kier alpha value is -4.12. The van der Waals surface area contributed by atoms with Crippen LogP contribution in [0.15, 0.2) is 96.3 Å². The van der Waals surface area contributed by atoms with Gasteiger partial charge in [0.05, 0.1) is 16.8 Å². The van der Waals surface area contributed by atoms with E-state index in [2.05, 4.69) is 27.3 Å². The second-order valence-corrected chi connectivity index (χ2v) is 14.1. The number of likely N-dealkylation sites (tertiary alicyclic amines) is 1. The van der Waals surface area contributed by atoms with Crippen LogP contribution in [-0.4, -0.2) is 65.4 Å². The molecule has 3 aromatic carbocycles. The van der Waals surface area contributed by atoms with Crippen molar-refractivity contribution in [2.75, 3.05) is 36.4 Å². The number of amides is 1. The van der Waals surface area contributed by atoms with Crippen molar-refractivity contribution in [1.82, 2.24) is 18.8 Å². The number of nitrogens with one attached hydrogen (secondary N) is 1. The molecule has 9 nitrogen and oxygen atoms in total. The van der Waals surface area contributed by atoms with E-state index in [9.17, 15) is 13.2 Å². The fourth-order valence-electron chi connectivity index (χ4n) is 5.90.